The quantitative estimate of drug-likeness (QED) is 0.234. The van der Waals surface area contributed by atoms with E-state index in [-0.39, 0.29) is 40.5 Å². The van der Waals surface area contributed by atoms with Crippen molar-refractivity contribution in [1.29, 1.82) is 0 Å². The van der Waals surface area contributed by atoms with Gasteiger partial charge in [0.15, 0.2) is 23.6 Å². The molecule has 3 aliphatic carbocycles. The standard InChI is InChI=1S/C36H38N2O14/c1-13-7-16-9-22(40)36(50-6)32(45)26-18(31(44)35(36,47)27(16)30(51-12-23(37)41)24(13)34(46)49-5)10-17-25(29(26)43)20(39)11-19(28(17)42)38-33-14(2)8-21(48-4)15(3)52-33/h7,10-11,14-15,21-22,33,38,40,43,47H,8-9,12H2,1-6H3,(H2,37,41)/t14-,15+,21?,22?,33?,35+,36-/m1/s1. The Morgan fingerprint density at radius 1 is 1.06 bits per heavy atom. The van der Waals surface area contributed by atoms with Gasteiger partial charge in [-0.15, -0.1) is 0 Å². The third kappa shape index (κ3) is 5.00. The number of rotatable bonds is 8. The minimum absolute atomic E-state index is 0.0336. The fourth-order valence-corrected chi connectivity index (χ4v) is 7.97. The van der Waals surface area contributed by atoms with Crippen molar-refractivity contribution < 1.29 is 67.8 Å². The average Bonchev–Trinajstić information content (AvgIpc) is 3.09. The van der Waals surface area contributed by atoms with Crippen LogP contribution >= 0.6 is 0 Å². The number of amides is 1. The molecule has 6 rings (SSSR count). The van der Waals surface area contributed by atoms with Gasteiger partial charge in [0, 0.05) is 49.3 Å². The lowest BCUT2D eigenvalue weighted by molar-refractivity contribution is -0.181. The molecule has 2 aromatic carbocycles. The molecule has 276 valence electrons. The van der Waals surface area contributed by atoms with Crippen LogP contribution in [-0.4, -0.2) is 108 Å². The zero-order chi connectivity index (χ0) is 38.2. The maximum absolute atomic E-state index is 14.9. The fraction of sp³-hybridized carbons (Fsp3) is 0.444. The predicted octanol–water partition coefficient (Wildman–Crippen LogP) is 0.559. The van der Waals surface area contributed by atoms with E-state index >= 15 is 0 Å². The first kappa shape index (κ1) is 36.8. The number of benzene rings is 2. The number of phenols is 1. The number of carbonyl (C=O) groups excluding carboxylic acids is 6. The second-order valence-corrected chi connectivity index (χ2v) is 13.4. The first-order valence-electron chi connectivity index (χ1n) is 16.4. The number of Topliss-reactive ketones (excluding diaryl/α,β-unsaturated/α-hetero) is 3. The van der Waals surface area contributed by atoms with Crippen molar-refractivity contribution in [2.75, 3.05) is 27.9 Å². The molecular weight excluding hydrogens is 684 g/mol. The Bertz CT molecular complexity index is 2000. The number of ketones is 4. The highest BCUT2D eigenvalue weighted by molar-refractivity contribution is 6.31. The lowest BCUT2D eigenvalue weighted by atomic mass is 9.56. The molecule has 1 saturated heterocycles. The number of fused-ring (bicyclic) bond motifs is 5. The molecule has 0 radical (unpaired) electrons. The summed E-state index contributed by atoms with van der Waals surface area (Å²) in [5.41, 5.74) is -4.15. The second kappa shape index (κ2) is 12.9. The van der Waals surface area contributed by atoms with Crippen molar-refractivity contribution in [3.8, 4) is 11.5 Å². The SMILES string of the molecule is COC(=O)c1c(C)cc2c(c1OCC(N)=O)[C@]1(O)C(=O)c3cc4c(c(O)c3C(=O)[C@]1(OC)C(O)C2)C(=O)C=C(NC1O[C@@H](C)C(OC)C[C@H]1C)C4=O. The number of carbonyl (C=O) groups is 6. The van der Waals surface area contributed by atoms with Gasteiger partial charge in [-0.2, -0.15) is 0 Å². The average molecular weight is 723 g/mol. The van der Waals surface area contributed by atoms with Crippen LogP contribution in [0.3, 0.4) is 0 Å². The molecule has 52 heavy (non-hydrogen) atoms. The van der Waals surface area contributed by atoms with Gasteiger partial charge in [-0.25, -0.2) is 4.79 Å². The highest BCUT2D eigenvalue weighted by atomic mass is 16.6. The number of phenolic OH excluding ortho intramolecular Hbond substituents is 1. The number of aliphatic hydroxyl groups is 2. The summed E-state index contributed by atoms with van der Waals surface area (Å²) in [4.78, 5) is 81.9. The lowest BCUT2D eigenvalue weighted by Crippen LogP contribution is -2.73. The first-order chi connectivity index (χ1) is 24.5. The van der Waals surface area contributed by atoms with Crippen LogP contribution in [0, 0.1) is 12.8 Å². The number of aryl methyl sites for hydroxylation is 1. The van der Waals surface area contributed by atoms with Gasteiger partial charge in [0.25, 0.3) is 5.91 Å². The summed E-state index contributed by atoms with van der Waals surface area (Å²) in [5, 5.41) is 38.8. The third-order valence-electron chi connectivity index (χ3n) is 10.5. The maximum Gasteiger partial charge on any atom is 0.341 e. The second-order valence-electron chi connectivity index (χ2n) is 13.4. The molecule has 1 heterocycles. The Kier molecular flexibility index (Phi) is 9.12. The largest absolute Gasteiger partial charge is 0.506 e. The molecule has 0 bridgehead atoms. The smallest absolute Gasteiger partial charge is 0.341 e. The Labute approximate surface area is 296 Å². The number of esters is 1. The van der Waals surface area contributed by atoms with Gasteiger partial charge in [-0.3, -0.25) is 24.0 Å². The van der Waals surface area contributed by atoms with E-state index in [2.05, 4.69) is 5.32 Å². The van der Waals surface area contributed by atoms with Crippen LogP contribution in [0.1, 0.15) is 88.7 Å². The van der Waals surface area contributed by atoms with Gasteiger partial charge < -0.3 is 50.1 Å². The molecule has 16 heteroatoms. The summed E-state index contributed by atoms with van der Waals surface area (Å²) in [7, 11) is 3.55. The molecule has 0 spiro atoms. The first-order valence-corrected chi connectivity index (χ1v) is 16.4. The molecule has 16 nitrogen and oxygen atoms in total. The van der Waals surface area contributed by atoms with Crippen molar-refractivity contribution >= 4 is 35.0 Å². The molecule has 7 atom stereocenters. The summed E-state index contributed by atoms with van der Waals surface area (Å²) in [6.07, 6.45) is -2.20. The summed E-state index contributed by atoms with van der Waals surface area (Å²) in [6, 6.07) is 2.28. The Morgan fingerprint density at radius 3 is 2.37 bits per heavy atom. The van der Waals surface area contributed by atoms with Crippen molar-refractivity contribution in [2.45, 2.75) is 69.4 Å². The lowest BCUT2D eigenvalue weighted by Gasteiger charge is -2.53. The van der Waals surface area contributed by atoms with Crippen molar-refractivity contribution in [2.24, 2.45) is 11.7 Å². The van der Waals surface area contributed by atoms with Crippen LogP contribution in [0.5, 0.6) is 11.5 Å². The van der Waals surface area contributed by atoms with Crippen molar-refractivity contribution in [1.82, 2.24) is 5.32 Å². The molecule has 4 aliphatic rings. The number of aliphatic hydroxyl groups excluding tert-OH is 1. The zero-order valence-electron chi connectivity index (χ0n) is 29.1. The number of aromatic hydroxyl groups is 1. The van der Waals surface area contributed by atoms with Gasteiger partial charge in [-0.05, 0) is 37.5 Å². The maximum atomic E-state index is 14.9. The third-order valence-corrected chi connectivity index (χ3v) is 10.5. The molecule has 0 aromatic heterocycles. The van der Waals surface area contributed by atoms with E-state index in [1.54, 1.807) is 14.0 Å². The summed E-state index contributed by atoms with van der Waals surface area (Å²) < 4.78 is 27.6. The molecule has 6 N–H and O–H groups in total. The Morgan fingerprint density at radius 2 is 1.75 bits per heavy atom. The minimum atomic E-state index is -3.22. The van der Waals surface area contributed by atoms with E-state index in [0.717, 1.165) is 26.4 Å². The van der Waals surface area contributed by atoms with Gasteiger partial charge in [-0.1, -0.05) is 13.0 Å². The van der Waals surface area contributed by atoms with Crippen LogP contribution < -0.4 is 15.8 Å². The summed E-state index contributed by atoms with van der Waals surface area (Å²) in [6.45, 7) is 4.28. The molecule has 3 unspecified atom stereocenters. The van der Waals surface area contributed by atoms with Crippen LogP contribution in [0.15, 0.2) is 23.9 Å². The van der Waals surface area contributed by atoms with Crippen LogP contribution in [0.2, 0.25) is 0 Å². The summed E-state index contributed by atoms with van der Waals surface area (Å²) >= 11 is 0. The number of ether oxygens (including phenoxy) is 5. The molecule has 1 aliphatic heterocycles. The number of hydrogen-bond acceptors (Lipinski definition) is 15. The monoisotopic (exact) mass is 722 g/mol. The van der Waals surface area contributed by atoms with E-state index in [0.29, 0.717) is 6.42 Å². The van der Waals surface area contributed by atoms with E-state index < -0.39 is 111 Å². The van der Waals surface area contributed by atoms with Crippen LogP contribution in [0.25, 0.3) is 0 Å². The van der Waals surface area contributed by atoms with Gasteiger partial charge >= 0.3 is 5.97 Å². The normalized spacial score (nSPS) is 29.3. The number of nitrogens with one attached hydrogen (secondary N) is 1. The number of allylic oxidation sites excluding steroid dienone is 2. The summed E-state index contributed by atoms with van der Waals surface area (Å²) in [5.74, 6) is -8.16. The predicted molar refractivity (Wildman–Crippen MR) is 176 cm³/mol. The number of methoxy groups -OCH3 is 3. The van der Waals surface area contributed by atoms with Crippen LogP contribution in [0.4, 0.5) is 0 Å². The van der Waals surface area contributed by atoms with E-state index in [4.69, 9.17) is 29.4 Å². The highest BCUT2D eigenvalue weighted by Crippen LogP contribution is 2.57. The van der Waals surface area contributed by atoms with E-state index in [1.807, 2.05) is 6.92 Å². The zero-order valence-corrected chi connectivity index (χ0v) is 29.1. The highest BCUT2D eigenvalue weighted by Gasteiger charge is 2.73. The molecule has 1 fully saturated rings. The number of primary amides is 1. The van der Waals surface area contributed by atoms with E-state index in [1.165, 1.54) is 13.0 Å². The van der Waals surface area contributed by atoms with Gasteiger partial charge in [0.05, 0.1) is 42.2 Å². The van der Waals surface area contributed by atoms with Gasteiger partial charge in [0.2, 0.25) is 17.3 Å². The molecule has 0 saturated carbocycles. The van der Waals surface area contributed by atoms with E-state index in [9.17, 15) is 44.1 Å². The Balaban J connectivity index is 1.55. The molecule has 2 aromatic rings. The number of nitrogens with two attached hydrogens (primary N) is 1. The van der Waals surface area contributed by atoms with Crippen molar-refractivity contribution in [3.63, 3.8) is 0 Å². The molecule has 1 amide bonds. The minimum Gasteiger partial charge on any atom is -0.506 e. The van der Waals surface area contributed by atoms with Crippen LogP contribution in [-0.2, 0) is 35.8 Å². The van der Waals surface area contributed by atoms with Gasteiger partial charge in [0.1, 0.15) is 23.3 Å². The fourth-order valence-electron chi connectivity index (χ4n) is 7.97. The molecular formula is C36H38N2O14. The number of hydrogen-bond donors (Lipinski definition) is 5. The Hall–Kier alpha value is -5.00. The topological polar surface area (TPSA) is 247 Å². The van der Waals surface area contributed by atoms with Crippen molar-refractivity contribution in [3.05, 3.63) is 68.4 Å².